The zero-order valence-corrected chi connectivity index (χ0v) is 13.5. The predicted octanol–water partition coefficient (Wildman–Crippen LogP) is 4.67. The number of nitriles is 1. The molecule has 1 heterocycles. The lowest BCUT2D eigenvalue weighted by Crippen LogP contribution is -2.04. The number of nitrogens with zero attached hydrogens (tertiary/aromatic N) is 1. The van der Waals surface area contributed by atoms with Crippen molar-refractivity contribution >= 4 is 11.6 Å². The molecule has 0 bridgehead atoms. The van der Waals surface area contributed by atoms with E-state index in [4.69, 9.17) is 4.42 Å². The quantitative estimate of drug-likeness (QED) is 0.688. The SMILES string of the molecule is N#Cc1ccoc1C1C(c2ccc(O)c(F)c2F)=Cc2c(F)cc(O)cc21. The molecule has 1 atom stereocenters. The average molecular weight is 369 g/mol. The first kappa shape index (κ1) is 16.8. The van der Waals surface area contributed by atoms with Crippen molar-refractivity contribution in [2.75, 3.05) is 0 Å². The first-order chi connectivity index (χ1) is 12.9. The van der Waals surface area contributed by atoms with Crippen molar-refractivity contribution in [3.63, 3.8) is 0 Å². The average Bonchev–Trinajstić information content (AvgIpc) is 3.23. The van der Waals surface area contributed by atoms with Crippen molar-refractivity contribution in [2.45, 2.75) is 5.92 Å². The van der Waals surface area contributed by atoms with E-state index in [1.165, 1.54) is 24.5 Å². The second kappa shape index (κ2) is 5.95. The molecular formula is C20H10F3NO3. The van der Waals surface area contributed by atoms with Gasteiger partial charge in [0.15, 0.2) is 11.6 Å². The maximum absolute atomic E-state index is 14.5. The lowest BCUT2D eigenvalue weighted by Gasteiger charge is -2.17. The maximum atomic E-state index is 14.5. The van der Waals surface area contributed by atoms with Crippen molar-refractivity contribution in [3.05, 3.63) is 82.1 Å². The van der Waals surface area contributed by atoms with Crippen LogP contribution in [-0.2, 0) is 0 Å². The van der Waals surface area contributed by atoms with E-state index in [0.717, 1.165) is 18.2 Å². The molecule has 1 aliphatic carbocycles. The largest absolute Gasteiger partial charge is 0.508 e. The smallest absolute Gasteiger partial charge is 0.200 e. The Morgan fingerprint density at radius 1 is 1.04 bits per heavy atom. The number of furan rings is 1. The molecule has 0 spiro atoms. The minimum absolute atomic E-state index is 0.0703. The van der Waals surface area contributed by atoms with Crippen LogP contribution < -0.4 is 0 Å². The number of halogens is 3. The van der Waals surface area contributed by atoms with Gasteiger partial charge in [-0.2, -0.15) is 9.65 Å². The van der Waals surface area contributed by atoms with Gasteiger partial charge < -0.3 is 14.6 Å². The van der Waals surface area contributed by atoms with Crippen LogP contribution in [0.2, 0.25) is 0 Å². The number of phenols is 2. The van der Waals surface area contributed by atoms with Gasteiger partial charge in [-0.1, -0.05) is 0 Å². The van der Waals surface area contributed by atoms with Crippen molar-refractivity contribution in [1.82, 2.24) is 0 Å². The molecule has 0 radical (unpaired) electrons. The summed E-state index contributed by atoms with van der Waals surface area (Å²) >= 11 is 0. The van der Waals surface area contributed by atoms with E-state index in [2.05, 4.69) is 0 Å². The van der Waals surface area contributed by atoms with E-state index in [1.54, 1.807) is 0 Å². The second-order valence-electron chi connectivity index (χ2n) is 6.03. The van der Waals surface area contributed by atoms with Gasteiger partial charge in [0.05, 0.1) is 17.7 Å². The third-order valence-electron chi connectivity index (χ3n) is 4.52. The highest BCUT2D eigenvalue weighted by molar-refractivity contribution is 5.94. The van der Waals surface area contributed by atoms with Crippen LogP contribution in [0.25, 0.3) is 11.6 Å². The van der Waals surface area contributed by atoms with Crippen LogP contribution in [0.4, 0.5) is 13.2 Å². The Balaban J connectivity index is 2.01. The molecule has 4 nitrogen and oxygen atoms in total. The molecule has 0 saturated carbocycles. The van der Waals surface area contributed by atoms with Gasteiger partial charge in [-0.15, -0.1) is 0 Å². The molecule has 1 aliphatic rings. The zero-order valence-electron chi connectivity index (χ0n) is 13.5. The summed E-state index contributed by atoms with van der Waals surface area (Å²) in [5, 5.41) is 28.4. The monoisotopic (exact) mass is 369 g/mol. The molecular weight excluding hydrogens is 359 g/mol. The van der Waals surface area contributed by atoms with Crippen LogP contribution in [0, 0.1) is 28.8 Å². The van der Waals surface area contributed by atoms with E-state index in [0.29, 0.717) is 0 Å². The van der Waals surface area contributed by atoms with Crippen LogP contribution in [0.3, 0.4) is 0 Å². The highest BCUT2D eigenvalue weighted by Gasteiger charge is 2.35. The van der Waals surface area contributed by atoms with Crippen LogP contribution in [0.15, 0.2) is 41.0 Å². The Morgan fingerprint density at radius 2 is 1.81 bits per heavy atom. The van der Waals surface area contributed by atoms with Crippen molar-refractivity contribution in [1.29, 1.82) is 5.26 Å². The number of aromatic hydroxyl groups is 2. The van der Waals surface area contributed by atoms with Gasteiger partial charge in [0.2, 0.25) is 5.82 Å². The van der Waals surface area contributed by atoms with Gasteiger partial charge in [0.1, 0.15) is 23.4 Å². The first-order valence-electron chi connectivity index (χ1n) is 7.81. The molecule has 0 amide bonds. The third-order valence-corrected chi connectivity index (χ3v) is 4.52. The number of allylic oxidation sites excluding steroid dienone is 1. The first-order valence-corrected chi connectivity index (χ1v) is 7.81. The van der Waals surface area contributed by atoms with Crippen molar-refractivity contribution in [2.24, 2.45) is 0 Å². The summed E-state index contributed by atoms with van der Waals surface area (Å²) in [5.74, 6) is -5.54. The molecule has 7 heteroatoms. The molecule has 2 aromatic carbocycles. The molecule has 0 saturated heterocycles. The number of fused-ring (bicyclic) bond motifs is 1. The number of hydrogen-bond acceptors (Lipinski definition) is 4. The normalized spacial score (nSPS) is 15.3. The maximum Gasteiger partial charge on any atom is 0.200 e. The van der Waals surface area contributed by atoms with Gasteiger partial charge in [-0.25, -0.2) is 8.78 Å². The van der Waals surface area contributed by atoms with Crippen molar-refractivity contribution < 1.29 is 27.8 Å². The van der Waals surface area contributed by atoms with Crippen molar-refractivity contribution in [3.8, 4) is 17.6 Å². The highest BCUT2D eigenvalue weighted by Crippen LogP contribution is 2.49. The van der Waals surface area contributed by atoms with Gasteiger partial charge in [-0.05, 0) is 41.5 Å². The summed E-state index contributed by atoms with van der Waals surface area (Å²) in [5.41, 5.74) is 0.382. The summed E-state index contributed by atoms with van der Waals surface area (Å²) < 4.78 is 48.2. The fourth-order valence-electron chi connectivity index (χ4n) is 3.34. The fraction of sp³-hybridized carbons (Fsp3) is 0.0500. The summed E-state index contributed by atoms with van der Waals surface area (Å²) in [6.07, 6.45) is 2.57. The Morgan fingerprint density at radius 3 is 2.56 bits per heavy atom. The van der Waals surface area contributed by atoms with Crippen LogP contribution in [-0.4, -0.2) is 10.2 Å². The summed E-state index contributed by atoms with van der Waals surface area (Å²) in [7, 11) is 0. The van der Waals surface area contributed by atoms with E-state index < -0.39 is 29.1 Å². The molecule has 1 unspecified atom stereocenters. The van der Waals surface area contributed by atoms with Crippen LogP contribution in [0.5, 0.6) is 11.5 Å². The minimum Gasteiger partial charge on any atom is -0.508 e. The molecule has 134 valence electrons. The lowest BCUT2D eigenvalue weighted by atomic mass is 9.87. The molecule has 4 rings (SSSR count). The molecule has 3 aromatic rings. The molecule has 0 fully saturated rings. The minimum atomic E-state index is -1.44. The number of rotatable bonds is 2. The predicted molar refractivity (Wildman–Crippen MR) is 89.2 cm³/mol. The Bertz CT molecular complexity index is 1160. The van der Waals surface area contributed by atoms with Crippen LogP contribution >= 0.6 is 0 Å². The summed E-state index contributed by atoms with van der Waals surface area (Å²) in [6.45, 7) is 0. The highest BCUT2D eigenvalue weighted by atomic mass is 19.2. The third kappa shape index (κ3) is 2.46. The van der Waals surface area contributed by atoms with Gasteiger partial charge in [0, 0.05) is 17.2 Å². The molecule has 27 heavy (non-hydrogen) atoms. The molecule has 2 N–H and O–H groups in total. The number of benzene rings is 2. The Kier molecular flexibility index (Phi) is 3.70. The van der Waals surface area contributed by atoms with Gasteiger partial charge >= 0.3 is 0 Å². The summed E-state index contributed by atoms with van der Waals surface area (Å²) in [4.78, 5) is 0. The van der Waals surface area contributed by atoms with E-state index in [9.17, 15) is 28.6 Å². The van der Waals surface area contributed by atoms with Crippen LogP contribution in [0.1, 0.15) is 33.9 Å². The molecule has 1 aromatic heterocycles. The zero-order chi connectivity index (χ0) is 19.3. The Labute approximate surface area is 151 Å². The van der Waals surface area contributed by atoms with E-state index >= 15 is 0 Å². The standard InChI is InChI=1S/C20H10F3NO3/c21-15-6-10(25)5-13-12(15)7-14(11-1-2-16(26)19(23)18(11)22)17(13)20-9(8-24)3-4-27-20/h1-7,17,25-26H. The number of phenolic OH excluding ortho intramolecular Hbond substituents is 2. The van der Waals surface area contributed by atoms with Gasteiger partial charge in [-0.3, -0.25) is 0 Å². The topological polar surface area (TPSA) is 77.4 Å². The fourth-order valence-corrected chi connectivity index (χ4v) is 3.34. The number of hydrogen-bond donors (Lipinski definition) is 2. The second-order valence-corrected chi connectivity index (χ2v) is 6.03. The lowest BCUT2D eigenvalue weighted by molar-refractivity contribution is 0.406. The van der Waals surface area contributed by atoms with Gasteiger partial charge in [0.25, 0.3) is 0 Å². The van der Waals surface area contributed by atoms with E-state index in [-0.39, 0.29) is 39.3 Å². The van der Waals surface area contributed by atoms with E-state index in [1.807, 2.05) is 6.07 Å². The Hall–Kier alpha value is -3.66. The molecule has 0 aliphatic heterocycles. The summed E-state index contributed by atoms with van der Waals surface area (Å²) in [6, 6.07) is 7.66.